The van der Waals surface area contributed by atoms with Gasteiger partial charge in [0.05, 0.1) is 15.9 Å². The number of amides is 1. The van der Waals surface area contributed by atoms with Crippen LogP contribution >= 0.6 is 0 Å². The summed E-state index contributed by atoms with van der Waals surface area (Å²) in [5.74, 6) is -0.925. The Labute approximate surface area is 133 Å². The first-order chi connectivity index (χ1) is 5.74. The minimum absolute atomic E-state index is 0. The number of rotatable bonds is 4. The smallest absolute Gasteiger partial charge is 0.748 e. The Morgan fingerprint density at radius 3 is 2.21 bits per heavy atom. The molecule has 0 atom stereocenters. The molecule has 0 spiro atoms. The maximum Gasteiger partial charge on any atom is 1.00 e. The van der Waals surface area contributed by atoms with Gasteiger partial charge in [0, 0.05) is 19.2 Å². The molecule has 7 heteroatoms. The molecule has 1 amide bonds. The molecule has 0 saturated heterocycles. The Balaban J connectivity index is 0. The second-order valence-electron chi connectivity index (χ2n) is 2.77. The van der Waals surface area contributed by atoms with Crippen LogP contribution in [0.25, 0.3) is 0 Å². The third-order valence-corrected chi connectivity index (χ3v) is 2.07. The van der Waals surface area contributed by atoms with Crippen molar-refractivity contribution >= 4 is 16.0 Å². The van der Waals surface area contributed by atoms with Crippen LogP contribution in [0.2, 0.25) is 0 Å². The zero-order chi connectivity index (χ0) is 10.6. The predicted octanol–water partition coefficient (Wildman–Crippen LogP) is -3.43. The zero-order valence-electron chi connectivity index (χ0n) is 8.61. The summed E-state index contributed by atoms with van der Waals surface area (Å²) in [5, 5.41) is 0. The summed E-state index contributed by atoms with van der Waals surface area (Å²) < 4.78 is 30.6. The number of nitrogens with zero attached hydrogens (tertiary/aromatic N) is 1. The van der Waals surface area contributed by atoms with Crippen molar-refractivity contribution < 1.29 is 76.0 Å². The van der Waals surface area contributed by atoms with Gasteiger partial charge >= 0.3 is 58.2 Å². The number of carbonyl (C=O) groups excluding carboxylic acids is 1. The molecule has 0 aromatic carbocycles. The minimum Gasteiger partial charge on any atom is -0.748 e. The molecular formula is C7H12NO4RbS. The van der Waals surface area contributed by atoms with Crippen molar-refractivity contribution in [3.63, 3.8) is 0 Å². The van der Waals surface area contributed by atoms with Crippen molar-refractivity contribution in [2.75, 3.05) is 19.3 Å². The molecule has 76 valence electrons. The molecule has 0 heterocycles. The Hall–Kier alpha value is 0.925. The minimum atomic E-state index is -4.25. The summed E-state index contributed by atoms with van der Waals surface area (Å²) in [6, 6.07) is 0. The van der Waals surface area contributed by atoms with Gasteiger partial charge in [-0.3, -0.25) is 4.79 Å². The summed E-state index contributed by atoms with van der Waals surface area (Å²) in [6.07, 6.45) is 0. The van der Waals surface area contributed by atoms with Gasteiger partial charge in [0.1, 0.15) is 0 Å². The fourth-order valence-electron chi connectivity index (χ4n) is 0.676. The third kappa shape index (κ3) is 8.25. The van der Waals surface area contributed by atoms with Gasteiger partial charge in [0.15, 0.2) is 0 Å². The van der Waals surface area contributed by atoms with Crippen LogP contribution in [0, 0.1) is 0 Å². The number of likely N-dealkylation sites (N-methyl/N-ethyl adjacent to an activating group) is 1. The first kappa shape index (κ1) is 17.3. The van der Waals surface area contributed by atoms with Crippen LogP contribution in [0.5, 0.6) is 0 Å². The molecule has 14 heavy (non-hydrogen) atoms. The maximum atomic E-state index is 11.1. The van der Waals surface area contributed by atoms with Crippen molar-refractivity contribution in [2.45, 2.75) is 6.92 Å². The Morgan fingerprint density at radius 2 is 1.93 bits per heavy atom. The third-order valence-electron chi connectivity index (χ3n) is 1.39. The molecular weight excluding hydrogens is 280 g/mol. The van der Waals surface area contributed by atoms with Crippen molar-refractivity contribution in [1.82, 2.24) is 4.90 Å². The van der Waals surface area contributed by atoms with E-state index < -0.39 is 15.9 Å². The van der Waals surface area contributed by atoms with E-state index >= 15 is 0 Å². The van der Waals surface area contributed by atoms with Gasteiger partial charge in [-0.25, -0.2) is 8.42 Å². The fourth-order valence-corrected chi connectivity index (χ4v) is 1.17. The van der Waals surface area contributed by atoms with E-state index in [0.717, 1.165) is 4.90 Å². The molecule has 0 radical (unpaired) electrons. The molecule has 0 saturated carbocycles. The van der Waals surface area contributed by atoms with E-state index in [1.165, 1.54) is 14.0 Å². The molecule has 0 bridgehead atoms. The summed E-state index contributed by atoms with van der Waals surface area (Å²) in [4.78, 5) is 12.2. The standard InChI is InChI=1S/C7H13NO4S.Rb/c1-6(2)7(9)8(3)4-5-13(10,11)12;/h1,4-5H2,2-3H3,(H,10,11,12);/q;+1/p-1. The molecule has 0 unspecified atom stereocenters. The average molecular weight is 292 g/mol. The molecule has 0 aromatic heterocycles. The van der Waals surface area contributed by atoms with Gasteiger partial charge in [-0.05, 0) is 6.92 Å². The van der Waals surface area contributed by atoms with E-state index in [0.29, 0.717) is 5.57 Å². The van der Waals surface area contributed by atoms with Gasteiger partial charge in [-0.1, -0.05) is 6.58 Å². The maximum absolute atomic E-state index is 11.1. The molecule has 0 rings (SSSR count). The second-order valence-corrected chi connectivity index (χ2v) is 4.29. The molecule has 0 N–H and O–H groups in total. The van der Waals surface area contributed by atoms with Crippen LogP contribution in [0.1, 0.15) is 6.92 Å². The van der Waals surface area contributed by atoms with E-state index in [4.69, 9.17) is 0 Å². The SMILES string of the molecule is C=C(C)C(=O)N(C)CCS(=O)(=O)[O-].[Rb+]. The van der Waals surface area contributed by atoms with Crippen LogP contribution in [-0.2, 0) is 14.9 Å². The molecule has 0 aliphatic carbocycles. The number of hydrogen-bond acceptors (Lipinski definition) is 4. The molecule has 0 fully saturated rings. The van der Waals surface area contributed by atoms with Crippen LogP contribution in [0.3, 0.4) is 0 Å². The van der Waals surface area contributed by atoms with Crippen molar-refractivity contribution in [3.05, 3.63) is 12.2 Å². The summed E-state index contributed by atoms with van der Waals surface area (Å²) in [7, 11) is -2.83. The number of carbonyl (C=O) groups is 1. The number of hydrogen-bond donors (Lipinski definition) is 0. The molecule has 0 aliphatic rings. The molecule has 0 aliphatic heterocycles. The topological polar surface area (TPSA) is 77.5 Å². The monoisotopic (exact) mass is 291 g/mol. The first-order valence-corrected chi connectivity index (χ1v) is 5.16. The van der Waals surface area contributed by atoms with E-state index in [2.05, 4.69) is 6.58 Å². The Kier molecular flexibility index (Phi) is 8.96. The van der Waals surface area contributed by atoms with Crippen LogP contribution in [0.4, 0.5) is 0 Å². The quantitative estimate of drug-likeness (QED) is 0.399. The summed E-state index contributed by atoms with van der Waals surface area (Å²) in [5.41, 5.74) is 0.311. The fraction of sp³-hybridized carbons (Fsp3) is 0.571. The summed E-state index contributed by atoms with van der Waals surface area (Å²) in [6.45, 7) is 4.82. The van der Waals surface area contributed by atoms with E-state index in [1.807, 2.05) is 0 Å². The van der Waals surface area contributed by atoms with E-state index in [9.17, 15) is 17.8 Å². The Morgan fingerprint density at radius 1 is 1.50 bits per heavy atom. The van der Waals surface area contributed by atoms with Crippen molar-refractivity contribution in [2.24, 2.45) is 0 Å². The Bertz CT molecular complexity index is 312. The average Bonchev–Trinajstić information content (AvgIpc) is 1.97. The predicted molar refractivity (Wildman–Crippen MR) is 47.0 cm³/mol. The van der Waals surface area contributed by atoms with Crippen molar-refractivity contribution in [1.29, 1.82) is 0 Å². The van der Waals surface area contributed by atoms with E-state index in [1.54, 1.807) is 0 Å². The second kappa shape index (κ2) is 7.24. The van der Waals surface area contributed by atoms with Gasteiger partial charge in [-0.2, -0.15) is 0 Å². The van der Waals surface area contributed by atoms with Gasteiger partial charge in [0.2, 0.25) is 5.91 Å². The van der Waals surface area contributed by atoms with Gasteiger partial charge in [0.25, 0.3) is 0 Å². The largest absolute Gasteiger partial charge is 1.00 e. The van der Waals surface area contributed by atoms with Gasteiger partial charge in [-0.15, -0.1) is 0 Å². The van der Waals surface area contributed by atoms with Crippen LogP contribution in [-0.4, -0.2) is 43.1 Å². The summed E-state index contributed by atoms with van der Waals surface area (Å²) >= 11 is 0. The van der Waals surface area contributed by atoms with E-state index in [-0.39, 0.29) is 70.6 Å². The molecule has 5 nitrogen and oxygen atoms in total. The normalized spacial score (nSPS) is 10.2. The molecule has 0 aromatic rings. The first-order valence-electron chi connectivity index (χ1n) is 3.58. The van der Waals surface area contributed by atoms with Crippen molar-refractivity contribution in [3.8, 4) is 0 Å². The van der Waals surface area contributed by atoms with Crippen LogP contribution in [0.15, 0.2) is 12.2 Å². The zero-order valence-corrected chi connectivity index (χ0v) is 14.3. The van der Waals surface area contributed by atoms with Crippen LogP contribution < -0.4 is 58.2 Å². The van der Waals surface area contributed by atoms with Gasteiger partial charge < -0.3 is 9.45 Å².